The summed E-state index contributed by atoms with van der Waals surface area (Å²) in [6.07, 6.45) is 0. The largest absolute Gasteiger partial charge is 0.497 e. The number of carbonyl (C=O) groups excluding carboxylic acids is 1. The SMILES string of the molecule is COc1ccc(NC(=O)c2cc3cc(Br)ccc3[nH]c2=O)cc1. The van der Waals surface area contributed by atoms with Gasteiger partial charge in [-0.1, -0.05) is 15.9 Å². The molecule has 0 atom stereocenters. The van der Waals surface area contributed by atoms with E-state index in [0.29, 0.717) is 17.0 Å². The second-order valence-corrected chi connectivity index (χ2v) is 5.84. The lowest BCUT2D eigenvalue weighted by Gasteiger charge is -2.07. The summed E-state index contributed by atoms with van der Waals surface area (Å²) in [5.41, 5.74) is 0.904. The molecule has 116 valence electrons. The molecule has 0 aliphatic heterocycles. The van der Waals surface area contributed by atoms with Gasteiger partial charge < -0.3 is 15.0 Å². The van der Waals surface area contributed by atoms with Crippen molar-refractivity contribution in [3.8, 4) is 5.75 Å². The fraction of sp³-hybridized carbons (Fsp3) is 0.0588. The summed E-state index contributed by atoms with van der Waals surface area (Å²) in [4.78, 5) is 27.2. The third kappa shape index (κ3) is 3.27. The monoisotopic (exact) mass is 372 g/mol. The van der Waals surface area contributed by atoms with Crippen molar-refractivity contribution in [2.75, 3.05) is 12.4 Å². The fourth-order valence-electron chi connectivity index (χ4n) is 2.22. The molecule has 1 amide bonds. The van der Waals surface area contributed by atoms with E-state index in [0.717, 1.165) is 9.86 Å². The molecule has 0 spiro atoms. The molecule has 0 aliphatic rings. The number of nitrogens with one attached hydrogen (secondary N) is 2. The topological polar surface area (TPSA) is 71.2 Å². The van der Waals surface area contributed by atoms with Gasteiger partial charge in [-0.25, -0.2) is 0 Å². The van der Waals surface area contributed by atoms with Gasteiger partial charge in [-0.2, -0.15) is 0 Å². The number of rotatable bonds is 3. The molecule has 2 N–H and O–H groups in total. The lowest BCUT2D eigenvalue weighted by Crippen LogP contribution is -2.23. The second kappa shape index (κ2) is 6.26. The van der Waals surface area contributed by atoms with Gasteiger partial charge in [-0.15, -0.1) is 0 Å². The summed E-state index contributed by atoms with van der Waals surface area (Å²) in [5.74, 6) is 0.231. The molecular formula is C17H13BrN2O3. The molecule has 0 radical (unpaired) electrons. The highest BCUT2D eigenvalue weighted by Gasteiger charge is 2.12. The maximum Gasteiger partial charge on any atom is 0.261 e. The first kappa shape index (κ1) is 15.3. The Balaban J connectivity index is 1.93. The van der Waals surface area contributed by atoms with Crippen LogP contribution in [0.2, 0.25) is 0 Å². The van der Waals surface area contributed by atoms with Crippen molar-refractivity contribution >= 4 is 38.4 Å². The maximum absolute atomic E-state index is 12.3. The number of anilines is 1. The Morgan fingerprint density at radius 2 is 1.87 bits per heavy atom. The number of H-pyrrole nitrogens is 1. The van der Waals surface area contributed by atoms with Crippen molar-refractivity contribution < 1.29 is 9.53 Å². The number of hydrogen-bond donors (Lipinski definition) is 2. The highest BCUT2D eigenvalue weighted by molar-refractivity contribution is 9.10. The summed E-state index contributed by atoms with van der Waals surface area (Å²) >= 11 is 3.38. The van der Waals surface area contributed by atoms with E-state index < -0.39 is 11.5 Å². The van der Waals surface area contributed by atoms with E-state index in [2.05, 4.69) is 26.2 Å². The van der Waals surface area contributed by atoms with Crippen LogP contribution in [0.4, 0.5) is 5.69 Å². The number of pyridine rings is 1. The van der Waals surface area contributed by atoms with Gasteiger partial charge in [0.2, 0.25) is 0 Å². The van der Waals surface area contributed by atoms with Gasteiger partial charge in [0.1, 0.15) is 11.3 Å². The zero-order valence-electron chi connectivity index (χ0n) is 12.2. The summed E-state index contributed by atoms with van der Waals surface area (Å²) < 4.78 is 5.94. The number of carbonyl (C=O) groups is 1. The van der Waals surface area contributed by atoms with Crippen molar-refractivity contribution in [1.82, 2.24) is 4.98 Å². The molecule has 0 bridgehead atoms. The second-order valence-electron chi connectivity index (χ2n) is 4.93. The first-order chi connectivity index (χ1) is 11.1. The molecule has 0 aliphatic carbocycles. The summed E-state index contributed by atoms with van der Waals surface area (Å²) in [6.45, 7) is 0. The van der Waals surface area contributed by atoms with Crippen molar-refractivity contribution in [1.29, 1.82) is 0 Å². The van der Waals surface area contributed by atoms with Crippen LogP contribution in [0.1, 0.15) is 10.4 Å². The van der Waals surface area contributed by atoms with Gasteiger partial charge in [0, 0.05) is 21.1 Å². The molecule has 1 heterocycles. The van der Waals surface area contributed by atoms with Crippen LogP contribution < -0.4 is 15.6 Å². The summed E-state index contributed by atoms with van der Waals surface area (Å²) in [6, 6.07) is 13.9. The van der Waals surface area contributed by atoms with E-state index in [1.54, 1.807) is 43.5 Å². The zero-order valence-corrected chi connectivity index (χ0v) is 13.8. The van der Waals surface area contributed by atoms with Crippen LogP contribution in [-0.2, 0) is 0 Å². The number of amides is 1. The third-order valence-corrected chi connectivity index (χ3v) is 3.89. The molecule has 0 saturated carbocycles. The first-order valence-corrected chi connectivity index (χ1v) is 7.64. The minimum Gasteiger partial charge on any atom is -0.497 e. The summed E-state index contributed by atoms with van der Waals surface area (Å²) in [7, 11) is 1.57. The molecule has 0 unspecified atom stereocenters. The summed E-state index contributed by atoms with van der Waals surface area (Å²) in [5, 5.41) is 3.48. The highest BCUT2D eigenvalue weighted by Crippen LogP contribution is 2.19. The smallest absolute Gasteiger partial charge is 0.261 e. The number of aromatic nitrogens is 1. The van der Waals surface area contributed by atoms with Crippen LogP contribution in [0.3, 0.4) is 0 Å². The van der Waals surface area contributed by atoms with Gasteiger partial charge in [0.05, 0.1) is 7.11 Å². The average Bonchev–Trinajstić information content (AvgIpc) is 2.55. The van der Waals surface area contributed by atoms with Crippen molar-refractivity contribution in [3.63, 3.8) is 0 Å². The number of aromatic amines is 1. The maximum atomic E-state index is 12.3. The van der Waals surface area contributed by atoms with E-state index in [4.69, 9.17) is 4.74 Å². The Hall–Kier alpha value is -2.60. The van der Waals surface area contributed by atoms with Crippen molar-refractivity contribution in [2.24, 2.45) is 0 Å². The minimum atomic E-state index is -0.460. The lowest BCUT2D eigenvalue weighted by atomic mass is 10.1. The fourth-order valence-corrected chi connectivity index (χ4v) is 2.60. The third-order valence-electron chi connectivity index (χ3n) is 3.40. The predicted octanol–water partition coefficient (Wildman–Crippen LogP) is 3.55. The number of ether oxygens (including phenoxy) is 1. The van der Waals surface area contributed by atoms with E-state index in [1.807, 2.05) is 12.1 Å². The van der Waals surface area contributed by atoms with E-state index >= 15 is 0 Å². The molecule has 0 fully saturated rings. The van der Waals surface area contributed by atoms with Gasteiger partial charge in [-0.05, 0) is 48.5 Å². The average molecular weight is 373 g/mol. The molecule has 2 aromatic carbocycles. The highest BCUT2D eigenvalue weighted by atomic mass is 79.9. The van der Waals surface area contributed by atoms with Crippen LogP contribution in [0, 0.1) is 0 Å². The number of halogens is 1. The lowest BCUT2D eigenvalue weighted by molar-refractivity contribution is 0.102. The van der Waals surface area contributed by atoms with Crippen LogP contribution in [0.25, 0.3) is 10.9 Å². The molecule has 23 heavy (non-hydrogen) atoms. The first-order valence-electron chi connectivity index (χ1n) is 6.85. The standard InChI is InChI=1S/C17H13BrN2O3/c1-23-13-5-3-12(4-6-13)19-16(21)14-9-10-8-11(18)2-7-15(10)20-17(14)22/h2-9H,1H3,(H,19,21)(H,20,22). The van der Waals surface area contributed by atoms with Crippen LogP contribution in [0.5, 0.6) is 5.75 Å². The Bertz CT molecular complexity index is 933. The van der Waals surface area contributed by atoms with E-state index in [-0.39, 0.29) is 5.56 Å². The Labute approximate surface area is 140 Å². The number of benzene rings is 2. The minimum absolute atomic E-state index is 0.0615. The zero-order chi connectivity index (χ0) is 16.4. The van der Waals surface area contributed by atoms with Gasteiger partial charge >= 0.3 is 0 Å². The van der Waals surface area contributed by atoms with E-state index in [9.17, 15) is 9.59 Å². The van der Waals surface area contributed by atoms with Crippen LogP contribution >= 0.6 is 15.9 Å². The van der Waals surface area contributed by atoms with Crippen molar-refractivity contribution in [2.45, 2.75) is 0 Å². The number of hydrogen-bond acceptors (Lipinski definition) is 3. The molecule has 3 rings (SSSR count). The normalized spacial score (nSPS) is 10.5. The van der Waals surface area contributed by atoms with Gasteiger partial charge in [0.25, 0.3) is 11.5 Å². The van der Waals surface area contributed by atoms with E-state index in [1.165, 1.54) is 0 Å². The molecular weight excluding hydrogens is 360 g/mol. The number of methoxy groups -OCH3 is 1. The molecule has 6 heteroatoms. The molecule has 3 aromatic rings. The predicted molar refractivity (Wildman–Crippen MR) is 93.2 cm³/mol. The molecule has 1 aromatic heterocycles. The van der Waals surface area contributed by atoms with Gasteiger partial charge in [0.15, 0.2) is 0 Å². The Kier molecular flexibility index (Phi) is 4.16. The Morgan fingerprint density at radius 1 is 1.13 bits per heavy atom. The van der Waals surface area contributed by atoms with Gasteiger partial charge in [-0.3, -0.25) is 9.59 Å². The number of fused-ring (bicyclic) bond motifs is 1. The molecule has 5 nitrogen and oxygen atoms in total. The quantitative estimate of drug-likeness (QED) is 0.738. The van der Waals surface area contributed by atoms with Crippen LogP contribution in [-0.4, -0.2) is 18.0 Å². The van der Waals surface area contributed by atoms with Crippen LogP contribution in [0.15, 0.2) is 57.8 Å². The molecule has 0 saturated heterocycles. The Morgan fingerprint density at radius 3 is 2.57 bits per heavy atom. The van der Waals surface area contributed by atoms with Crippen molar-refractivity contribution in [3.05, 3.63) is 68.9 Å².